The van der Waals surface area contributed by atoms with Crippen LogP contribution in [-0.2, 0) is 6.42 Å². The van der Waals surface area contributed by atoms with E-state index in [0.29, 0.717) is 6.54 Å². The van der Waals surface area contributed by atoms with Crippen molar-refractivity contribution in [2.75, 3.05) is 6.54 Å². The summed E-state index contributed by atoms with van der Waals surface area (Å²) in [4.78, 5) is 33.0. The van der Waals surface area contributed by atoms with Crippen molar-refractivity contribution in [2.24, 2.45) is 0 Å². The van der Waals surface area contributed by atoms with Gasteiger partial charge < -0.3 is 10.0 Å². The Hall–Kier alpha value is -2.76. The number of amides is 1. The minimum absolute atomic E-state index is 0.159. The lowest BCUT2D eigenvalue weighted by atomic mass is 10.0. The molecule has 6 nitrogen and oxygen atoms in total. The number of carboxylic acid groups (broad SMARTS) is 1. The van der Waals surface area contributed by atoms with E-state index in [1.54, 1.807) is 0 Å². The van der Waals surface area contributed by atoms with Crippen molar-refractivity contribution < 1.29 is 14.7 Å². The molecule has 0 bridgehead atoms. The van der Waals surface area contributed by atoms with Crippen LogP contribution in [0, 0.1) is 0 Å². The van der Waals surface area contributed by atoms with Crippen LogP contribution in [0.1, 0.15) is 45.8 Å². The Morgan fingerprint density at radius 3 is 2.50 bits per heavy atom. The topological polar surface area (TPSA) is 83.4 Å². The second kappa shape index (κ2) is 7.21. The summed E-state index contributed by atoms with van der Waals surface area (Å²) in [7, 11) is 0. The van der Waals surface area contributed by atoms with E-state index in [1.807, 2.05) is 23.1 Å². The van der Waals surface area contributed by atoms with Crippen molar-refractivity contribution in [3.63, 3.8) is 0 Å². The van der Waals surface area contributed by atoms with E-state index in [-0.39, 0.29) is 23.3 Å². The maximum absolute atomic E-state index is 12.6. The third kappa shape index (κ3) is 3.59. The molecule has 1 saturated heterocycles. The molecule has 1 aromatic carbocycles. The predicted octanol–water partition coefficient (Wildman–Crippen LogP) is 2.41. The summed E-state index contributed by atoms with van der Waals surface area (Å²) < 4.78 is 0. The molecule has 0 saturated carbocycles. The Balaban J connectivity index is 1.65. The number of hydrogen-bond donors (Lipinski definition) is 1. The smallest absolute Gasteiger partial charge is 0.356 e. The molecule has 24 heavy (non-hydrogen) atoms. The fourth-order valence-electron chi connectivity index (χ4n) is 3.08. The van der Waals surface area contributed by atoms with Crippen LogP contribution in [0.15, 0.2) is 42.7 Å². The molecule has 6 heteroatoms. The van der Waals surface area contributed by atoms with Crippen molar-refractivity contribution >= 4 is 11.9 Å². The first-order valence-electron chi connectivity index (χ1n) is 8.05. The van der Waals surface area contributed by atoms with Gasteiger partial charge >= 0.3 is 5.97 Å². The highest BCUT2D eigenvalue weighted by molar-refractivity contribution is 5.93. The molecular weight excluding hydrogens is 306 g/mol. The molecular formula is C18H19N3O3. The minimum Gasteiger partial charge on any atom is -0.476 e. The van der Waals surface area contributed by atoms with E-state index in [0.717, 1.165) is 31.9 Å². The lowest BCUT2D eigenvalue weighted by Gasteiger charge is -2.24. The second-order valence-corrected chi connectivity index (χ2v) is 5.91. The zero-order chi connectivity index (χ0) is 16.9. The van der Waals surface area contributed by atoms with Crippen LogP contribution >= 0.6 is 0 Å². The fraction of sp³-hybridized carbons (Fsp3) is 0.333. The summed E-state index contributed by atoms with van der Waals surface area (Å²) in [6, 6.07) is 10.4. The number of carbonyl (C=O) groups is 2. The number of hydrogen-bond acceptors (Lipinski definition) is 4. The van der Waals surface area contributed by atoms with Crippen LogP contribution in [0.25, 0.3) is 0 Å². The Morgan fingerprint density at radius 2 is 1.83 bits per heavy atom. The highest BCUT2D eigenvalue weighted by Gasteiger charge is 2.30. The van der Waals surface area contributed by atoms with Gasteiger partial charge in [-0.2, -0.15) is 0 Å². The van der Waals surface area contributed by atoms with Crippen LogP contribution in [0.3, 0.4) is 0 Å². The minimum atomic E-state index is -1.15. The molecule has 3 rings (SSSR count). The van der Waals surface area contributed by atoms with Gasteiger partial charge in [-0.25, -0.2) is 14.8 Å². The van der Waals surface area contributed by atoms with Gasteiger partial charge in [-0.3, -0.25) is 4.79 Å². The third-order valence-corrected chi connectivity index (χ3v) is 4.34. The molecule has 2 aromatic rings. The molecule has 2 heterocycles. The summed E-state index contributed by atoms with van der Waals surface area (Å²) >= 11 is 0. The molecule has 1 aromatic heterocycles. The maximum atomic E-state index is 12.6. The van der Waals surface area contributed by atoms with Crippen LogP contribution in [0.5, 0.6) is 0 Å². The van der Waals surface area contributed by atoms with Crippen molar-refractivity contribution in [2.45, 2.75) is 31.7 Å². The number of nitrogens with zero attached hydrogens (tertiary/aromatic N) is 3. The van der Waals surface area contributed by atoms with Gasteiger partial charge in [0.1, 0.15) is 5.69 Å². The second-order valence-electron chi connectivity index (χ2n) is 5.91. The van der Waals surface area contributed by atoms with Crippen LogP contribution in [0.4, 0.5) is 0 Å². The highest BCUT2D eigenvalue weighted by Crippen LogP contribution is 2.23. The Labute approximate surface area is 140 Å². The summed E-state index contributed by atoms with van der Waals surface area (Å²) in [6.07, 6.45) is 6.18. The van der Waals surface area contributed by atoms with E-state index in [9.17, 15) is 9.59 Å². The van der Waals surface area contributed by atoms with Gasteiger partial charge in [0.15, 0.2) is 5.69 Å². The molecule has 1 aliphatic heterocycles. The number of aromatic carboxylic acids is 1. The first-order valence-corrected chi connectivity index (χ1v) is 8.05. The van der Waals surface area contributed by atoms with E-state index in [1.165, 1.54) is 11.8 Å². The molecule has 1 atom stereocenters. The van der Waals surface area contributed by atoms with Gasteiger partial charge in [0, 0.05) is 12.6 Å². The zero-order valence-corrected chi connectivity index (χ0v) is 13.3. The van der Waals surface area contributed by atoms with Gasteiger partial charge in [0.2, 0.25) is 0 Å². The number of carboxylic acids is 1. The largest absolute Gasteiger partial charge is 0.476 e. The predicted molar refractivity (Wildman–Crippen MR) is 87.8 cm³/mol. The van der Waals surface area contributed by atoms with Crippen molar-refractivity contribution in [1.82, 2.24) is 14.9 Å². The Bertz CT molecular complexity index is 716. The van der Waals surface area contributed by atoms with Crippen LogP contribution in [0.2, 0.25) is 0 Å². The van der Waals surface area contributed by atoms with Gasteiger partial charge in [-0.15, -0.1) is 0 Å². The number of likely N-dealkylation sites (tertiary alicyclic amines) is 1. The summed E-state index contributed by atoms with van der Waals surface area (Å²) in [5, 5.41) is 8.85. The fourth-order valence-corrected chi connectivity index (χ4v) is 3.08. The molecule has 1 aliphatic rings. The van der Waals surface area contributed by atoms with Crippen molar-refractivity contribution in [1.29, 1.82) is 0 Å². The standard InChI is InChI=1S/C18H19N3O3/c22-17(15-11-20-16(12-19-15)18(23)24)21-10-4-7-14(21)9-8-13-5-2-1-3-6-13/h1-3,5-6,11-12,14H,4,7-10H2,(H,23,24). The third-order valence-electron chi connectivity index (χ3n) is 4.34. The molecule has 0 aliphatic carbocycles. The Kier molecular flexibility index (Phi) is 4.84. The highest BCUT2D eigenvalue weighted by atomic mass is 16.4. The average molecular weight is 325 g/mol. The molecule has 1 amide bonds. The van der Waals surface area contributed by atoms with Gasteiger partial charge in [-0.05, 0) is 31.2 Å². The lowest BCUT2D eigenvalue weighted by molar-refractivity contribution is 0.0682. The lowest BCUT2D eigenvalue weighted by Crippen LogP contribution is -2.36. The molecule has 1 N–H and O–H groups in total. The normalized spacial score (nSPS) is 17.0. The zero-order valence-electron chi connectivity index (χ0n) is 13.3. The maximum Gasteiger partial charge on any atom is 0.356 e. The summed E-state index contributed by atoms with van der Waals surface area (Å²) in [5.74, 6) is -1.32. The molecule has 0 spiro atoms. The van der Waals surface area contributed by atoms with E-state index in [4.69, 9.17) is 5.11 Å². The molecule has 1 unspecified atom stereocenters. The number of aryl methyl sites for hydroxylation is 1. The molecule has 1 fully saturated rings. The van der Waals surface area contributed by atoms with Gasteiger partial charge in [-0.1, -0.05) is 30.3 Å². The molecule has 124 valence electrons. The van der Waals surface area contributed by atoms with E-state index in [2.05, 4.69) is 22.1 Å². The number of rotatable bonds is 5. The van der Waals surface area contributed by atoms with Gasteiger partial charge in [0.05, 0.1) is 12.4 Å². The monoisotopic (exact) mass is 325 g/mol. The van der Waals surface area contributed by atoms with Crippen LogP contribution in [-0.4, -0.2) is 44.4 Å². The number of carbonyl (C=O) groups excluding carboxylic acids is 1. The average Bonchev–Trinajstić information content (AvgIpc) is 3.09. The number of benzene rings is 1. The van der Waals surface area contributed by atoms with E-state index < -0.39 is 5.97 Å². The SMILES string of the molecule is O=C(O)c1cnc(C(=O)N2CCCC2CCc2ccccc2)cn1. The van der Waals surface area contributed by atoms with Crippen molar-refractivity contribution in [3.8, 4) is 0 Å². The first kappa shape index (κ1) is 16.1. The van der Waals surface area contributed by atoms with Crippen molar-refractivity contribution in [3.05, 3.63) is 59.7 Å². The molecule has 0 radical (unpaired) electrons. The number of aromatic nitrogens is 2. The van der Waals surface area contributed by atoms with E-state index >= 15 is 0 Å². The quantitative estimate of drug-likeness (QED) is 0.912. The summed E-state index contributed by atoms with van der Waals surface area (Å²) in [5.41, 5.74) is 1.31. The Morgan fingerprint density at radius 1 is 1.12 bits per heavy atom. The van der Waals surface area contributed by atoms with Gasteiger partial charge in [0.25, 0.3) is 5.91 Å². The van der Waals surface area contributed by atoms with Crippen LogP contribution < -0.4 is 0 Å². The first-order chi connectivity index (χ1) is 11.6. The summed E-state index contributed by atoms with van der Waals surface area (Å²) in [6.45, 7) is 0.709.